The van der Waals surface area contributed by atoms with E-state index in [1.807, 2.05) is 12.1 Å². The molecule has 24 heavy (non-hydrogen) atoms. The molecule has 0 saturated carbocycles. The Kier molecular flexibility index (Phi) is 5.63. The first-order valence-corrected chi connectivity index (χ1v) is 9.16. The van der Waals surface area contributed by atoms with Gasteiger partial charge in [-0.25, -0.2) is 18.4 Å². The zero-order valence-corrected chi connectivity index (χ0v) is 15.5. The summed E-state index contributed by atoms with van der Waals surface area (Å²) in [6, 6.07) is 10.2. The average molecular weight is 414 g/mol. The molecule has 2 rings (SSSR count). The van der Waals surface area contributed by atoms with Crippen molar-refractivity contribution in [3.63, 3.8) is 0 Å². The molecule has 2 aromatic carbocycles. The Hall–Kier alpha value is -1.90. The molecule has 0 aromatic heterocycles. The quantitative estimate of drug-likeness (QED) is 0.759. The van der Waals surface area contributed by atoms with Crippen LogP contribution in [0, 0.1) is 0 Å². The molecule has 0 atom stereocenters. The Morgan fingerprint density at radius 1 is 1.17 bits per heavy atom. The minimum atomic E-state index is -4.12. The molecule has 0 amide bonds. The van der Waals surface area contributed by atoms with Crippen LogP contribution in [0.3, 0.4) is 0 Å². The van der Waals surface area contributed by atoms with Gasteiger partial charge in [-0.2, -0.15) is 0 Å². The Bertz CT molecular complexity index is 863. The van der Waals surface area contributed by atoms with Crippen molar-refractivity contribution in [2.24, 2.45) is 5.14 Å². The minimum absolute atomic E-state index is 0.0992. The fourth-order valence-electron chi connectivity index (χ4n) is 2.34. The number of carbonyl (C=O) groups excluding carboxylic acids is 1. The molecule has 0 heterocycles. The number of esters is 1. The lowest BCUT2D eigenvalue weighted by Crippen LogP contribution is -2.20. The van der Waals surface area contributed by atoms with Gasteiger partial charge < -0.3 is 9.47 Å². The van der Waals surface area contributed by atoms with Crippen LogP contribution >= 0.6 is 15.9 Å². The molecule has 6 nitrogen and oxygen atoms in total. The fourth-order valence-corrected chi connectivity index (χ4v) is 3.79. The van der Waals surface area contributed by atoms with Crippen molar-refractivity contribution in [3.8, 4) is 5.75 Å². The summed E-state index contributed by atoms with van der Waals surface area (Å²) < 4.78 is 34.4. The molecule has 2 aromatic rings. The number of methoxy groups -OCH3 is 2. The first-order chi connectivity index (χ1) is 11.3. The maximum atomic E-state index is 12.0. The number of ether oxygens (including phenoxy) is 2. The highest BCUT2D eigenvalue weighted by Crippen LogP contribution is 2.28. The van der Waals surface area contributed by atoms with Gasteiger partial charge in [-0.1, -0.05) is 28.1 Å². The van der Waals surface area contributed by atoms with Gasteiger partial charge in [0.1, 0.15) is 5.75 Å². The molecule has 0 spiro atoms. The highest BCUT2D eigenvalue weighted by molar-refractivity contribution is 9.10. The molecule has 0 aliphatic heterocycles. The van der Waals surface area contributed by atoms with Crippen LogP contribution in [0.5, 0.6) is 5.75 Å². The van der Waals surface area contributed by atoms with E-state index in [1.165, 1.54) is 13.2 Å². The summed E-state index contributed by atoms with van der Waals surface area (Å²) in [5, 5.41) is 5.33. The van der Waals surface area contributed by atoms with E-state index in [1.54, 1.807) is 25.3 Å². The van der Waals surface area contributed by atoms with Gasteiger partial charge in [0.15, 0.2) is 0 Å². The van der Waals surface area contributed by atoms with Crippen LogP contribution in [0.4, 0.5) is 0 Å². The molecule has 8 heteroatoms. The third-order valence-corrected chi connectivity index (χ3v) is 4.88. The summed E-state index contributed by atoms with van der Waals surface area (Å²) in [6.07, 6.45) is 0.277. The smallest absolute Gasteiger partial charge is 0.339 e. The Morgan fingerprint density at radius 3 is 2.29 bits per heavy atom. The van der Waals surface area contributed by atoms with Gasteiger partial charge in [0, 0.05) is 4.47 Å². The van der Waals surface area contributed by atoms with Gasteiger partial charge in [-0.3, -0.25) is 0 Å². The third kappa shape index (κ3) is 4.14. The van der Waals surface area contributed by atoms with Gasteiger partial charge in [0.25, 0.3) is 0 Å². The van der Waals surface area contributed by atoms with E-state index in [9.17, 15) is 13.2 Å². The highest BCUT2D eigenvalue weighted by Gasteiger charge is 2.25. The predicted molar refractivity (Wildman–Crippen MR) is 92.7 cm³/mol. The number of hydrogen-bond donors (Lipinski definition) is 1. The Morgan fingerprint density at radius 2 is 1.79 bits per heavy atom. The van der Waals surface area contributed by atoms with Crippen LogP contribution < -0.4 is 9.88 Å². The van der Waals surface area contributed by atoms with E-state index < -0.39 is 16.0 Å². The number of primary sulfonamides is 1. The lowest BCUT2D eigenvalue weighted by molar-refractivity contribution is 0.0596. The molecule has 0 aliphatic carbocycles. The van der Waals surface area contributed by atoms with Crippen LogP contribution in [0.25, 0.3) is 0 Å². The molecule has 128 valence electrons. The number of hydrogen-bond acceptors (Lipinski definition) is 5. The first kappa shape index (κ1) is 18.4. The molecule has 0 saturated heterocycles. The van der Waals surface area contributed by atoms with Crippen molar-refractivity contribution in [1.82, 2.24) is 0 Å². The van der Waals surface area contributed by atoms with E-state index in [-0.39, 0.29) is 16.9 Å². The number of halogens is 1. The largest absolute Gasteiger partial charge is 0.497 e. The third-order valence-electron chi connectivity index (χ3n) is 3.37. The molecule has 0 aliphatic rings. The Labute approximate surface area is 148 Å². The van der Waals surface area contributed by atoms with Crippen LogP contribution in [0.15, 0.2) is 45.8 Å². The van der Waals surface area contributed by atoms with Gasteiger partial charge in [0.05, 0.1) is 24.7 Å². The van der Waals surface area contributed by atoms with Crippen LogP contribution in [-0.4, -0.2) is 28.6 Å². The monoisotopic (exact) mass is 413 g/mol. The minimum Gasteiger partial charge on any atom is -0.497 e. The van der Waals surface area contributed by atoms with Crippen LogP contribution in [0.2, 0.25) is 0 Å². The summed E-state index contributed by atoms with van der Waals surface area (Å²) in [6.45, 7) is 0. The van der Waals surface area contributed by atoms with Gasteiger partial charge in [-0.15, -0.1) is 0 Å². The van der Waals surface area contributed by atoms with Crippen LogP contribution in [0.1, 0.15) is 21.5 Å². The number of nitrogens with two attached hydrogens (primary N) is 1. The number of rotatable bonds is 5. The molecule has 0 radical (unpaired) electrons. The number of carbonyl (C=O) groups is 1. The average Bonchev–Trinajstić information content (AvgIpc) is 2.53. The van der Waals surface area contributed by atoms with Crippen molar-refractivity contribution in [2.45, 2.75) is 11.3 Å². The summed E-state index contributed by atoms with van der Waals surface area (Å²) in [4.78, 5) is 11.7. The van der Waals surface area contributed by atoms with Gasteiger partial charge in [0.2, 0.25) is 10.0 Å². The second kappa shape index (κ2) is 7.33. The number of benzene rings is 2. The molecule has 0 bridgehead atoms. The first-order valence-electron chi connectivity index (χ1n) is 6.82. The van der Waals surface area contributed by atoms with Crippen molar-refractivity contribution in [3.05, 3.63) is 57.6 Å². The second-order valence-corrected chi connectivity index (χ2v) is 7.42. The van der Waals surface area contributed by atoms with E-state index in [0.717, 1.165) is 5.56 Å². The molecule has 2 N–H and O–H groups in total. The normalized spacial score (nSPS) is 11.2. The van der Waals surface area contributed by atoms with Crippen molar-refractivity contribution in [1.29, 1.82) is 0 Å². The maximum Gasteiger partial charge on any atom is 0.339 e. The number of sulfonamides is 1. The topological polar surface area (TPSA) is 95.7 Å². The van der Waals surface area contributed by atoms with Gasteiger partial charge in [-0.05, 0) is 41.8 Å². The molecule has 0 unspecified atom stereocenters. The molecular formula is C16H16BrNO5S. The summed E-state index contributed by atoms with van der Waals surface area (Å²) >= 11 is 3.28. The van der Waals surface area contributed by atoms with E-state index in [2.05, 4.69) is 20.7 Å². The predicted octanol–water partition coefficient (Wildman–Crippen LogP) is 2.48. The SMILES string of the molecule is COC(=O)c1cc(Br)cc(Cc2ccc(OC)cc2)c1S(N)(=O)=O. The molecular weight excluding hydrogens is 398 g/mol. The highest BCUT2D eigenvalue weighted by atomic mass is 79.9. The summed E-state index contributed by atoms with van der Waals surface area (Å²) in [5.41, 5.74) is 1.14. The van der Waals surface area contributed by atoms with E-state index in [4.69, 9.17) is 9.88 Å². The second-order valence-electron chi connectivity index (χ2n) is 5.00. The summed E-state index contributed by atoms with van der Waals surface area (Å²) in [7, 11) is -1.37. The fraction of sp³-hybridized carbons (Fsp3) is 0.188. The van der Waals surface area contributed by atoms with Crippen LogP contribution in [-0.2, 0) is 21.2 Å². The van der Waals surface area contributed by atoms with E-state index >= 15 is 0 Å². The Balaban J connectivity index is 2.59. The maximum absolute atomic E-state index is 12.0. The standard InChI is InChI=1S/C16H16BrNO5S/c1-22-13-5-3-10(4-6-13)7-11-8-12(17)9-14(16(19)23-2)15(11)24(18,20)21/h3-6,8-9H,7H2,1-2H3,(H2,18,20,21). The van der Waals surface area contributed by atoms with Crippen molar-refractivity contribution < 1.29 is 22.7 Å². The molecule has 0 fully saturated rings. The zero-order valence-electron chi connectivity index (χ0n) is 13.1. The lowest BCUT2D eigenvalue weighted by Gasteiger charge is -2.13. The van der Waals surface area contributed by atoms with E-state index in [0.29, 0.717) is 15.8 Å². The van der Waals surface area contributed by atoms with Gasteiger partial charge >= 0.3 is 5.97 Å². The summed E-state index contributed by atoms with van der Waals surface area (Å²) in [5.74, 6) is -0.0776. The lowest BCUT2D eigenvalue weighted by atomic mass is 10.0. The van der Waals surface area contributed by atoms with Crippen molar-refractivity contribution >= 4 is 31.9 Å². The van der Waals surface area contributed by atoms with Crippen molar-refractivity contribution in [2.75, 3.05) is 14.2 Å². The zero-order chi connectivity index (χ0) is 17.9.